The van der Waals surface area contributed by atoms with E-state index in [0.717, 1.165) is 24.3 Å². The summed E-state index contributed by atoms with van der Waals surface area (Å²) in [6.07, 6.45) is 1.04. The van der Waals surface area contributed by atoms with Gasteiger partial charge in [-0.3, -0.25) is 0 Å². The van der Waals surface area contributed by atoms with Gasteiger partial charge in [0.2, 0.25) is 10.0 Å². The lowest BCUT2D eigenvalue weighted by molar-refractivity contribution is 0.577. The Morgan fingerprint density at radius 2 is 2.00 bits per heavy atom. The molecule has 0 aliphatic rings. The van der Waals surface area contributed by atoms with Crippen LogP contribution in [0.3, 0.4) is 0 Å². The van der Waals surface area contributed by atoms with Crippen LogP contribution >= 0.6 is 35.3 Å². The first-order chi connectivity index (χ1) is 7.56. The Kier molecular flexibility index (Phi) is 8.36. The summed E-state index contributed by atoms with van der Waals surface area (Å²) in [5, 5.41) is 3.11. The molecule has 0 saturated carbocycles. The van der Waals surface area contributed by atoms with Crippen LogP contribution < -0.4 is 10.0 Å². The molecule has 0 bridgehead atoms. The smallest absolute Gasteiger partial charge is 0.250 e. The van der Waals surface area contributed by atoms with Gasteiger partial charge in [0.15, 0.2) is 0 Å². The third-order valence-corrected chi connectivity index (χ3v) is 5.02. The third kappa shape index (κ3) is 6.03. The van der Waals surface area contributed by atoms with Crippen LogP contribution in [0.4, 0.5) is 0 Å². The van der Waals surface area contributed by atoms with Crippen molar-refractivity contribution in [2.45, 2.75) is 17.6 Å². The van der Waals surface area contributed by atoms with Gasteiger partial charge in [0, 0.05) is 13.1 Å². The lowest BCUT2D eigenvalue weighted by atomic mass is 10.5. The van der Waals surface area contributed by atoms with Crippen molar-refractivity contribution in [2.24, 2.45) is 0 Å². The topological polar surface area (TPSA) is 58.2 Å². The largest absolute Gasteiger partial charge is 0.315 e. The summed E-state index contributed by atoms with van der Waals surface area (Å²) in [5.74, 6) is 0. The van der Waals surface area contributed by atoms with E-state index < -0.39 is 10.0 Å². The number of halogens is 2. The van der Waals surface area contributed by atoms with E-state index in [1.165, 1.54) is 6.07 Å². The van der Waals surface area contributed by atoms with Crippen molar-refractivity contribution >= 4 is 45.4 Å². The van der Waals surface area contributed by atoms with Crippen LogP contribution in [0.5, 0.6) is 0 Å². The summed E-state index contributed by atoms with van der Waals surface area (Å²) < 4.78 is 26.6. The fourth-order valence-corrected chi connectivity index (χ4v) is 3.65. The van der Waals surface area contributed by atoms with E-state index in [-0.39, 0.29) is 16.6 Å². The average molecular weight is 319 g/mol. The first kappa shape index (κ1) is 17.2. The Morgan fingerprint density at radius 1 is 1.29 bits per heavy atom. The minimum absolute atomic E-state index is 0. The van der Waals surface area contributed by atoms with Crippen LogP contribution in [0.2, 0.25) is 4.34 Å². The molecular weight excluding hydrogens is 303 g/mol. The monoisotopic (exact) mass is 318 g/mol. The first-order valence-corrected chi connectivity index (χ1v) is 7.69. The van der Waals surface area contributed by atoms with Gasteiger partial charge >= 0.3 is 0 Å². The van der Waals surface area contributed by atoms with Crippen LogP contribution in [0.15, 0.2) is 16.3 Å². The molecule has 0 aliphatic carbocycles. The highest BCUT2D eigenvalue weighted by atomic mass is 35.5. The van der Waals surface area contributed by atoms with Crippen molar-refractivity contribution in [2.75, 3.05) is 19.6 Å². The zero-order chi connectivity index (χ0) is 12.0. The summed E-state index contributed by atoms with van der Waals surface area (Å²) in [6.45, 7) is 3.97. The molecule has 2 N–H and O–H groups in total. The molecule has 1 aromatic rings. The Bertz CT molecular complexity index is 420. The van der Waals surface area contributed by atoms with Crippen molar-refractivity contribution in [3.63, 3.8) is 0 Å². The van der Waals surface area contributed by atoms with Crippen molar-refractivity contribution in [3.8, 4) is 0 Å². The number of hydrogen-bond donors (Lipinski definition) is 2. The number of sulfonamides is 1. The lowest BCUT2D eigenvalue weighted by Crippen LogP contribution is -2.31. The van der Waals surface area contributed by atoms with E-state index in [1.807, 2.05) is 0 Å². The molecule has 0 atom stereocenters. The van der Waals surface area contributed by atoms with Gasteiger partial charge in [0.1, 0.15) is 4.21 Å². The molecule has 0 unspecified atom stereocenters. The van der Waals surface area contributed by atoms with E-state index in [0.29, 0.717) is 17.4 Å². The molecule has 1 rings (SSSR count). The lowest BCUT2D eigenvalue weighted by Gasteiger charge is -2.05. The fourth-order valence-electron chi connectivity index (χ4n) is 1.09. The Morgan fingerprint density at radius 3 is 2.53 bits per heavy atom. The van der Waals surface area contributed by atoms with Gasteiger partial charge in [-0.15, -0.1) is 23.7 Å². The van der Waals surface area contributed by atoms with Crippen LogP contribution in [0.25, 0.3) is 0 Å². The van der Waals surface area contributed by atoms with Gasteiger partial charge < -0.3 is 5.32 Å². The second-order valence-corrected chi connectivity index (χ2v) is 6.92. The number of nitrogens with one attached hydrogen (secondary N) is 2. The van der Waals surface area contributed by atoms with Gasteiger partial charge in [-0.25, -0.2) is 13.1 Å². The highest BCUT2D eigenvalue weighted by molar-refractivity contribution is 7.91. The average Bonchev–Trinajstić information content (AvgIpc) is 2.65. The maximum Gasteiger partial charge on any atom is 0.250 e. The van der Waals surface area contributed by atoms with E-state index in [9.17, 15) is 8.42 Å². The van der Waals surface area contributed by atoms with Crippen LogP contribution in [0.1, 0.15) is 13.3 Å². The first-order valence-electron chi connectivity index (χ1n) is 5.02. The summed E-state index contributed by atoms with van der Waals surface area (Å²) in [5.41, 5.74) is 0. The minimum atomic E-state index is -3.38. The number of hydrogen-bond acceptors (Lipinski definition) is 4. The normalized spacial score (nSPS) is 11.2. The van der Waals surface area contributed by atoms with Crippen molar-refractivity contribution < 1.29 is 8.42 Å². The van der Waals surface area contributed by atoms with Gasteiger partial charge in [0.25, 0.3) is 0 Å². The molecule has 0 saturated heterocycles. The molecule has 0 radical (unpaired) electrons. The van der Waals surface area contributed by atoms with E-state index in [1.54, 1.807) is 6.07 Å². The van der Waals surface area contributed by atoms with Gasteiger partial charge in [-0.2, -0.15) is 0 Å². The summed E-state index contributed by atoms with van der Waals surface area (Å²) in [6, 6.07) is 3.09. The maximum atomic E-state index is 11.7. The predicted molar refractivity (Wildman–Crippen MR) is 74.9 cm³/mol. The predicted octanol–water partition coefficient (Wildman–Crippen LogP) is 2.10. The maximum absolute atomic E-state index is 11.7. The van der Waals surface area contributed by atoms with Gasteiger partial charge in [0.05, 0.1) is 4.34 Å². The van der Waals surface area contributed by atoms with Crippen LogP contribution in [0, 0.1) is 0 Å². The molecular formula is C9H16Cl2N2O2S2. The van der Waals surface area contributed by atoms with E-state index in [4.69, 9.17) is 11.6 Å². The Balaban J connectivity index is 0.00000256. The van der Waals surface area contributed by atoms with Crippen molar-refractivity contribution in [3.05, 3.63) is 16.5 Å². The van der Waals surface area contributed by atoms with Crippen molar-refractivity contribution in [1.29, 1.82) is 0 Å². The molecule has 0 aliphatic heterocycles. The van der Waals surface area contributed by atoms with Crippen molar-refractivity contribution in [1.82, 2.24) is 10.0 Å². The quantitative estimate of drug-likeness (QED) is 0.757. The molecule has 0 spiro atoms. The second-order valence-electron chi connectivity index (χ2n) is 3.21. The molecule has 0 fully saturated rings. The van der Waals surface area contributed by atoms with E-state index in [2.05, 4.69) is 17.0 Å². The Hall–Kier alpha value is 0.150. The Labute approximate surface area is 117 Å². The molecule has 17 heavy (non-hydrogen) atoms. The van der Waals surface area contributed by atoms with Gasteiger partial charge in [-0.1, -0.05) is 18.5 Å². The highest BCUT2D eigenvalue weighted by Crippen LogP contribution is 2.24. The number of thiophene rings is 1. The van der Waals surface area contributed by atoms with Crippen LogP contribution in [-0.2, 0) is 10.0 Å². The standard InChI is InChI=1S/C9H15ClN2O2S2.ClH/c1-2-5-11-6-7-12-16(13,14)9-4-3-8(10)15-9;/h3-4,11-12H,2,5-7H2,1H3;1H. The fraction of sp³-hybridized carbons (Fsp3) is 0.556. The molecule has 0 amide bonds. The second kappa shape index (κ2) is 8.29. The van der Waals surface area contributed by atoms with Crippen LogP contribution in [-0.4, -0.2) is 28.1 Å². The molecule has 4 nitrogen and oxygen atoms in total. The summed E-state index contributed by atoms with van der Waals surface area (Å²) in [7, 11) is -3.38. The zero-order valence-electron chi connectivity index (χ0n) is 9.40. The molecule has 0 aromatic carbocycles. The summed E-state index contributed by atoms with van der Waals surface area (Å²) in [4.78, 5) is 0. The molecule has 1 heterocycles. The van der Waals surface area contributed by atoms with E-state index >= 15 is 0 Å². The zero-order valence-corrected chi connectivity index (χ0v) is 12.6. The molecule has 8 heteroatoms. The SMILES string of the molecule is CCCNCCNS(=O)(=O)c1ccc(Cl)s1.Cl. The minimum Gasteiger partial charge on any atom is -0.315 e. The molecule has 1 aromatic heterocycles. The third-order valence-electron chi connectivity index (χ3n) is 1.83. The summed E-state index contributed by atoms with van der Waals surface area (Å²) >= 11 is 6.74. The molecule has 100 valence electrons. The number of rotatable bonds is 7. The van der Waals surface area contributed by atoms with Gasteiger partial charge in [-0.05, 0) is 25.1 Å². The highest BCUT2D eigenvalue weighted by Gasteiger charge is 2.15.